The molecule has 236 valence electrons. The monoisotopic (exact) mass is 606 g/mol. The number of hydrogen-bond acceptors (Lipinski definition) is 4. The lowest BCUT2D eigenvalue weighted by Crippen LogP contribution is -2.20. The summed E-state index contributed by atoms with van der Waals surface area (Å²) >= 11 is 0. The third kappa shape index (κ3) is 5.49. The Bertz CT molecular complexity index is 1870. The first-order valence-corrected chi connectivity index (χ1v) is 17.1. The highest BCUT2D eigenvalue weighted by molar-refractivity contribution is 6.06. The number of carbonyl (C=O) groups excluding carboxylic acids is 3. The Balaban J connectivity index is 0.000000151. The predicted molar refractivity (Wildman–Crippen MR) is 181 cm³/mol. The van der Waals surface area contributed by atoms with Crippen molar-refractivity contribution in [2.24, 2.45) is 5.41 Å². The number of aryl methyl sites for hydroxylation is 6. The van der Waals surface area contributed by atoms with E-state index < -0.39 is 0 Å². The number of anilines is 2. The molecule has 45 heavy (non-hydrogen) atoms. The molecule has 0 saturated carbocycles. The average molecular weight is 607 g/mol. The first kappa shape index (κ1) is 29.8. The van der Waals surface area contributed by atoms with Crippen LogP contribution in [0.3, 0.4) is 0 Å². The van der Waals surface area contributed by atoms with Gasteiger partial charge in [0.1, 0.15) is 0 Å². The van der Waals surface area contributed by atoms with Crippen molar-refractivity contribution in [3.63, 3.8) is 0 Å². The average Bonchev–Trinajstić information content (AvgIpc) is 3.27. The Morgan fingerprint density at radius 2 is 1.22 bits per heavy atom. The second kappa shape index (κ2) is 11.5. The van der Waals surface area contributed by atoms with Crippen LogP contribution in [-0.2, 0) is 43.6 Å². The molecule has 2 aliphatic carbocycles. The lowest BCUT2D eigenvalue weighted by Gasteiger charge is -2.20. The molecule has 7 nitrogen and oxygen atoms in total. The van der Waals surface area contributed by atoms with E-state index in [0.29, 0.717) is 30.8 Å². The second-order valence-corrected chi connectivity index (χ2v) is 14.8. The van der Waals surface area contributed by atoms with Crippen molar-refractivity contribution in [3.8, 4) is 0 Å². The molecule has 0 spiro atoms. The molecule has 0 radical (unpaired) electrons. The van der Waals surface area contributed by atoms with Crippen LogP contribution >= 0.6 is 0 Å². The highest BCUT2D eigenvalue weighted by Crippen LogP contribution is 2.39. The molecule has 4 aliphatic rings. The minimum absolute atomic E-state index is 0.0325. The van der Waals surface area contributed by atoms with E-state index in [1.165, 1.54) is 44.1 Å². The minimum Gasteiger partial charge on any atom is -0.399 e. The summed E-state index contributed by atoms with van der Waals surface area (Å²) in [6, 6.07) is 8.36. The maximum Gasteiger partial charge on any atom is 0.224 e. The minimum atomic E-state index is -0.0325. The molecular weight excluding hydrogens is 560 g/mol. The van der Waals surface area contributed by atoms with Gasteiger partial charge in [0.25, 0.3) is 0 Å². The molecular formula is C38H46N4O3. The van der Waals surface area contributed by atoms with Crippen molar-refractivity contribution in [1.29, 1.82) is 0 Å². The summed E-state index contributed by atoms with van der Waals surface area (Å²) in [4.78, 5) is 37.6. The summed E-state index contributed by atoms with van der Waals surface area (Å²) in [6.07, 6.45) is 12.3. The molecule has 7 heteroatoms. The number of carbonyl (C=O) groups is 3. The summed E-state index contributed by atoms with van der Waals surface area (Å²) < 4.78 is 4.54. The van der Waals surface area contributed by atoms with Gasteiger partial charge in [0, 0.05) is 54.5 Å². The standard InChI is InChI=1S/C22H28N2O2.C16H18N2O/c1-22(2,3)13-19(26)23-15-11-14-7-6-10-24-20(14)17(12-15)16-8-4-5-9-18(25)21(16)24;17-11-8-10-4-3-7-18-15(10)13(9-11)12-5-1-2-6-14(19)16(12)18/h11-12H,4-10,13H2,1-3H3,(H,23,26);8-9H,1-7,17H2. The van der Waals surface area contributed by atoms with Gasteiger partial charge in [0.05, 0.1) is 22.4 Å². The van der Waals surface area contributed by atoms with Crippen molar-refractivity contribution in [2.75, 3.05) is 11.1 Å². The van der Waals surface area contributed by atoms with Crippen LogP contribution in [0.25, 0.3) is 21.8 Å². The zero-order valence-corrected chi connectivity index (χ0v) is 27.1. The van der Waals surface area contributed by atoms with E-state index in [4.69, 9.17) is 5.73 Å². The molecule has 8 rings (SSSR count). The van der Waals surface area contributed by atoms with Gasteiger partial charge in [-0.05, 0) is 116 Å². The number of nitrogens with zero attached hydrogens (tertiary/aromatic N) is 2. The van der Waals surface area contributed by atoms with Gasteiger partial charge in [-0.15, -0.1) is 0 Å². The largest absolute Gasteiger partial charge is 0.399 e. The fourth-order valence-electron chi connectivity index (χ4n) is 8.31. The molecule has 1 amide bonds. The van der Waals surface area contributed by atoms with Crippen molar-refractivity contribution in [3.05, 3.63) is 57.9 Å². The van der Waals surface area contributed by atoms with Crippen LogP contribution in [0, 0.1) is 5.41 Å². The number of nitrogens with two attached hydrogens (primary N) is 1. The van der Waals surface area contributed by atoms with E-state index in [1.807, 2.05) is 0 Å². The van der Waals surface area contributed by atoms with Crippen molar-refractivity contribution in [1.82, 2.24) is 9.13 Å². The van der Waals surface area contributed by atoms with E-state index in [1.54, 1.807) is 0 Å². The van der Waals surface area contributed by atoms with Gasteiger partial charge in [-0.3, -0.25) is 14.4 Å². The van der Waals surface area contributed by atoms with E-state index >= 15 is 0 Å². The fraction of sp³-hybridized carbons (Fsp3) is 0.500. The SMILES string of the molecule is CC(C)(C)CC(=O)Nc1cc2c3c(c1)c1c(n3CCC2)C(=O)CCCC1.Nc1cc2c3c(c1)c1c(n3CCC2)C(=O)CCCC1. The topological polar surface area (TPSA) is 99.1 Å². The lowest BCUT2D eigenvalue weighted by molar-refractivity contribution is -0.117. The van der Waals surface area contributed by atoms with Crippen molar-refractivity contribution in [2.45, 2.75) is 117 Å². The van der Waals surface area contributed by atoms with Crippen LogP contribution in [0.1, 0.15) is 122 Å². The number of benzene rings is 2. The molecule has 0 bridgehead atoms. The van der Waals surface area contributed by atoms with Crippen LogP contribution in [0.15, 0.2) is 24.3 Å². The van der Waals surface area contributed by atoms with Gasteiger partial charge in [-0.25, -0.2) is 0 Å². The van der Waals surface area contributed by atoms with Gasteiger partial charge in [0.2, 0.25) is 5.91 Å². The third-order valence-corrected chi connectivity index (χ3v) is 10.0. The van der Waals surface area contributed by atoms with Crippen LogP contribution in [0.4, 0.5) is 11.4 Å². The fourth-order valence-corrected chi connectivity index (χ4v) is 8.31. The zero-order chi connectivity index (χ0) is 31.5. The number of nitrogens with one attached hydrogen (secondary N) is 1. The van der Waals surface area contributed by atoms with E-state index in [0.717, 1.165) is 100 Å². The first-order valence-electron chi connectivity index (χ1n) is 17.1. The number of nitrogen functional groups attached to an aromatic ring is 1. The Labute approximate surface area is 265 Å². The van der Waals surface area contributed by atoms with Gasteiger partial charge in [-0.2, -0.15) is 0 Å². The van der Waals surface area contributed by atoms with Gasteiger partial charge in [-0.1, -0.05) is 20.8 Å². The van der Waals surface area contributed by atoms with Crippen LogP contribution in [0.2, 0.25) is 0 Å². The number of amides is 1. The zero-order valence-electron chi connectivity index (χ0n) is 27.1. The Morgan fingerprint density at radius 3 is 1.78 bits per heavy atom. The third-order valence-electron chi connectivity index (χ3n) is 10.0. The molecule has 0 saturated heterocycles. The number of rotatable bonds is 2. The summed E-state index contributed by atoms with van der Waals surface area (Å²) in [5, 5.41) is 5.51. The molecule has 2 aliphatic heterocycles. The Kier molecular flexibility index (Phi) is 7.61. The smallest absolute Gasteiger partial charge is 0.224 e. The summed E-state index contributed by atoms with van der Waals surface area (Å²) in [7, 11) is 0. The Morgan fingerprint density at radius 1 is 0.711 bits per heavy atom. The predicted octanol–water partition coefficient (Wildman–Crippen LogP) is 7.95. The molecule has 3 N–H and O–H groups in total. The van der Waals surface area contributed by atoms with Crippen molar-refractivity contribution < 1.29 is 14.4 Å². The molecule has 0 atom stereocenters. The number of hydrogen-bond donors (Lipinski definition) is 2. The normalized spacial score (nSPS) is 17.7. The number of ketones is 2. The van der Waals surface area contributed by atoms with Crippen molar-refractivity contribution >= 4 is 50.7 Å². The maximum absolute atomic E-state index is 12.7. The van der Waals surface area contributed by atoms with E-state index in [2.05, 4.69) is 59.5 Å². The van der Waals surface area contributed by atoms with E-state index in [-0.39, 0.29) is 11.3 Å². The molecule has 0 fully saturated rings. The molecule has 0 unspecified atom stereocenters. The quantitative estimate of drug-likeness (QED) is 0.179. The van der Waals surface area contributed by atoms with Gasteiger partial charge < -0.3 is 20.2 Å². The van der Waals surface area contributed by atoms with Gasteiger partial charge >= 0.3 is 0 Å². The summed E-state index contributed by atoms with van der Waals surface area (Å²) in [5.74, 6) is 0.677. The van der Waals surface area contributed by atoms with Crippen LogP contribution < -0.4 is 11.1 Å². The van der Waals surface area contributed by atoms with Gasteiger partial charge in [0.15, 0.2) is 11.6 Å². The number of Topliss-reactive ketones (excluding diaryl/α,β-unsaturated/α-hetero) is 2. The van der Waals surface area contributed by atoms with Crippen LogP contribution in [0.5, 0.6) is 0 Å². The number of aromatic nitrogens is 2. The Hall–Kier alpha value is -3.87. The highest BCUT2D eigenvalue weighted by Gasteiger charge is 2.29. The number of fused-ring (bicyclic) bond motifs is 6. The maximum atomic E-state index is 12.7. The highest BCUT2D eigenvalue weighted by atomic mass is 16.1. The lowest BCUT2D eigenvalue weighted by atomic mass is 9.92. The summed E-state index contributed by atoms with van der Waals surface area (Å²) in [5.41, 5.74) is 17.2. The van der Waals surface area contributed by atoms with Crippen LogP contribution in [-0.4, -0.2) is 26.6 Å². The first-order chi connectivity index (χ1) is 21.6. The summed E-state index contributed by atoms with van der Waals surface area (Å²) in [6.45, 7) is 8.14. The molecule has 2 aromatic carbocycles. The van der Waals surface area contributed by atoms with E-state index in [9.17, 15) is 14.4 Å². The molecule has 4 heterocycles. The molecule has 2 aromatic heterocycles. The second-order valence-electron chi connectivity index (χ2n) is 14.8. The molecule has 4 aromatic rings.